The van der Waals surface area contributed by atoms with E-state index in [1.807, 2.05) is 6.92 Å². The third-order valence-electron chi connectivity index (χ3n) is 4.52. The summed E-state index contributed by atoms with van der Waals surface area (Å²) >= 11 is 0. The minimum atomic E-state index is -1.11. The molecule has 1 aliphatic heterocycles. The highest BCUT2D eigenvalue weighted by atomic mass is 19.1. The van der Waals surface area contributed by atoms with E-state index in [4.69, 9.17) is 4.74 Å². The number of rotatable bonds is 5. The van der Waals surface area contributed by atoms with Crippen LogP contribution in [0.2, 0.25) is 0 Å². The first-order valence-corrected chi connectivity index (χ1v) is 8.03. The quantitative estimate of drug-likeness (QED) is 0.849. The SMILES string of the molecule is CC[C@]1(c2ccc(OC)cc2)NC(=O)N(Cc2cccc(F)c2)C1=O. The Bertz CT molecular complexity index is 807. The zero-order valence-corrected chi connectivity index (χ0v) is 14.1. The first kappa shape index (κ1) is 17.0. The average molecular weight is 342 g/mol. The number of carbonyl (C=O) groups is 2. The number of carbonyl (C=O) groups excluding carboxylic acids is 2. The maximum atomic E-state index is 13.4. The van der Waals surface area contributed by atoms with Gasteiger partial charge in [-0.3, -0.25) is 9.69 Å². The van der Waals surface area contributed by atoms with Crippen LogP contribution in [0.4, 0.5) is 9.18 Å². The highest BCUT2D eigenvalue weighted by Crippen LogP contribution is 2.34. The smallest absolute Gasteiger partial charge is 0.325 e. The van der Waals surface area contributed by atoms with E-state index in [9.17, 15) is 14.0 Å². The summed E-state index contributed by atoms with van der Waals surface area (Å²) in [6, 6.07) is 12.4. The summed E-state index contributed by atoms with van der Waals surface area (Å²) in [5.74, 6) is -0.0701. The van der Waals surface area contributed by atoms with Crippen molar-refractivity contribution in [2.24, 2.45) is 0 Å². The molecule has 130 valence electrons. The van der Waals surface area contributed by atoms with Gasteiger partial charge >= 0.3 is 6.03 Å². The molecule has 3 amide bonds. The maximum absolute atomic E-state index is 13.4. The number of methoxy groups -OCH3 is 1. The Balaban J connectivity index is 1.91. The van der Waals surface area contributed by atoms with Crippen LogP contribution >= 0.6 is 0 Å². The molecule has 0 bridgehead atoms. The molecule has 1 saturated heterocycles. The number of halogens is 1. The predicted octanol–water partition coefficient (Wildman–Crippen LogP) is 3.19. The highest BCUT2D eigenvalue weighted by molar-refractivity contribution is 6.07. The molecule has 2 aromatic rings. The number of benzene rings is 2. The summed E-state index contributed by atoms with van der Waals surface area (Å²) in [4.78, 5) is 26.6. The molecule has 3 rings (SSSR count). The molecule has 0 saturated carbocycles. The van der Waals surface area contributed by atoms with Gasteiger partial charge in [-0.2, -0.15) is 0 Å². The number of hydrogen-bond donors (Lipinski definition) is 1. The fourth-order valence-electron chi connectivity index (χ4n) is 3.10. The summed E-state index contributed by atoms with van der Waals surface area (Å²) in [7, 11) is 1.56. The summed E-state index contributed by atoms with van der Waals surface area (Å²) in [5, 5.41) is 2.81. The van der Waals surface area contributed by atoms with Gasteiger partial charge in [-0.25, -0.2) is 9.18 Å². The Hall–Kier alpha value is -2.89. The van der Waals surface area contributed by atoms with Crippen LogP contribution in [0.3, 0.4) is 0 Å². The van der Waals surface area contributed by atoms with E-state index in [1.165, 1.54) is 12.1 Å². The van der Waals surface area contributed by atoms with Gasteiger partial charge in [0.1, 0.15) is 17.1 Å². The lowest BCUT2D eigenvalue weighted by Gasteiger charge is -2.26. The number of ether oxygens (including phenoxy) is 1. The number of hydrogen-bond acceptors (Lipinski definition) is 3. The van der Waals surface area contributed by atoms with Crippen LogP contribution in [0.5, 0.6) is 5.75 Å². The van der Waals surface area contributed by atoms with E-state index in [2.05, 4.69) is 5.32 Å². The predicted molar refractivity (Wildman–Crippen MR) is 90.4 cm³/mol. The lowest BCUT2D eigenvalue weighted by atomic mass is 9.87. The molecule has 1 heterocycles. The topological polar surface area (TPSA) is 58.6 Å². The van der Waals surface area contributed by atoms with Crippen LogP contribution < -0.4 is 10.1 Å². The normalized spacial score (nSPS) is 19.9. The first-order chi connectivity index (χ1) is 12.0. The zero-order chi connectivity index (χ0) is 18.0. The molecule has 1 atom stereocenters. The van der Waals surface area contributed by atoms with Gasteiger partial charge in [-0.1, -0.05) is 31.2 Å². The van der Waals surface area contributed by atoms with Crippen molar-refractivity contribution in [1.29, 1.82) is 0 Å². The van der Waals surface area contributed by atoms with E-state index in [1.54, 1.807) is 43.5 Å². The molecular weight excluding hydrogens is 323 g/mol. The van der Waals surface area contributed by atoms with Gasteiger partial charge in [0.05, 0.1) is 13.7 Å². The standard InChI is InChI=1S/C19H19FN2O3/c1-3-19(14-7-9-16(25-2)10-8-14)17(23)22(18(24)21-19)12-13-5-4-6-15(20)11-13/h4-11H,3,12H2,1-2H3,(H,21,24)/t19-/m1/s1. The molecule has 25 heavy (non-hydrogen) atoms. The summed E-state index contributed by atoms with van der Waals surface area (Å²) in [6.07, 6.45) is 0.406. The Morgan fingerprint density at radius 1 is 1.16 bits per heavy atom. The lowest BCUT2D eigenvalue weighted by Crippen LogP contribution is -2.43. The number of amides is 3. The minimum Gasteiger partial charge on any atom is -0.497 e. The van der Waals surface area contributed by atoms with Gasteiger partial charge < -0.3 is 10.1 Å². The maximum Gasteiger partial charge on any atom is 0.325 e. The van der Waals surface area contributed by atoms with Gasteiger partial charge in [0.15, 0.2) is 0 Å². The Kier molecular flexibility index (Phi) is 4.44. The largest absolute Gasteiger partial charge is 0.497 e. The molecule has 0 radical (unpaired) electrons. The van der Waals surface area contributed by atoms with Crippen molar-refractivity contribution in [3.8, 4) is 5.75 Å². The fourth-order valence-corrected chi connectivity index (χ4v) is 3.10. The zero-order valence-electron chi connectivity index (χ0n) is 14.1. The molecule has 0 spiro atoms. The number of nitrogens with zero attached hydrogens (tertiary/aromatic N) is 1. The van der Waals surface area contributed by atoms with Crippen LogP contribution in [0.25, 0.3) is 0 Å². The molecule has 0 unspecified atom stereocenters. The van der Waals surface area contributed by atoms with Crippen molar-refractivity contribution >= 4 is 11.9 Å². The summed E-state index contributed by atoms with van der Waals surface area (Å²) in [5.41, 5.74) is 0.137. The molecule has 1 aliphatic rings. The summed E-state index contributed by atoms with van der Waals surface area (Å²) in [6.45, 7) is 1.87. The molecule has 0 aliphatic carbocycles. The second-order valence-corrected chi connectivity index (χ2v) is 5.94. The molecule has 6 heteroatoms. The van der Waals surface area contributed by atoms with Crippen LogP contribution in [-0.4, -0.2) is 23.9 Å². The Morgan fingerprint density at radius 3 is 2.48 bits per heavy atom. The molecule has 0 aromatic heterocycles. The highest BCUT2D eigenvalue weighted by Gasteiger charge is 2.51. The Morgan fingerprint density at radius 2 is 1.88 bits per heavy atom. The van der Waals surface area contributed by atoms with Gasteiger partial charge in [0.25, 0.3) is 5.91 Å². The van der Waals surface area contributed by atoms with E-state index < -0.39 is 17.4 Å². The second kappa shape index (κ2) is 6.55. The van der Waals surface area contributed by atoms with Gasteiger partial charge in [-0.15, -0.1) is 0 Å². The van der Waals surface area contributed by atoms with Crippen LogP contribution in [0.15, 0.2) is 48.5 Å². The lowest BCUT2D eigenvalue weighted by molar-refractivity contribution is -0.132. The van der Waals surface area contributed by atoms with E-state index in [-0.39, 0.29) is 12.5 Å². The van der Waals surface area contributed by atoms with Crippen LogP contribution in [-0.2, 0) is 16.9 Å². The number of urea groups is 1. The van der Waals surface area contributed by atoms with E-state index in [0.717, 1.165) is 4.90 Å². The monoisotopic (exact) mass is 342 g/mol. The van der Waals surface area contributed by atoms with Crippen molar-refractivity contribution in [2.45, 2.75) is 25.4 Å². The molecule has 5 nitrogen and oxygen atoms in total. The number of imide groups is 1. The minimum absolute atomic E-state index is 0.0281. The van der Waals surface area contributed by atoms with Crippen molar-refractivity contribution < 1.29 is 18.7 Å². The van der Waals surface area contributed by atoms with Crippen LogP contribution in [0.1, 0.15) is 24.5 Å². The third kappa shape index (κ3) is 2.95. The number of nitrogens with one attached hydrogen (secondary N) is 1. The van der Waals surface area contributed by atoms with Crippen molar-refractivity contribution in [3.63, 3.8) is 0 Å². The fraction of sp³-hybridized carbons (Fsp3) is 0.263. The van der Waals surface area contributed by atoms with Crippen molar-refractivity contribution in [3.05, 3.63) is 65.5 Å². The molecular formula is C19H19FN2O3. The van der Waals surface area contributed by atoms with Crippen LogP contribution in [0, 0.1) is 5.82 Å². The Labute approximate surface area is 145 Å². The van der Waals surface area contributed by atoms with Gasteiger partial charge in [-0.05, 0) is 41.8 Å². The molecule has 1 fully saturated rings. The summed E-state index contributed by atoms with van der Waals surface area (Å²) < 4.78 is 18.5. The van der Waals surface area contributed by atoms with Crippen molar-refractivity contribution in [2.75, 3.05) is 7.11 Å². The van der Waals surface area contributed by atoms with Crippen molar-refractivity contribution in [1.82, 2.24) is 10.2 Å². The molecule has 2 aromatic carbocycles. The van der Waals surface area contributed by atoms with Gasteiger partial charge in [0.2, 0.25) is 0 Å². The van der Waals surface area contributed by atoms with Gasteiger partial charge in [0, 0.05) is 0 Å². The second-order valence-electron chi connectivity index (χ2n) is 5.94. The van der Waals surface area contributed by atoms with E-state index >= 15 is 0 Å². The molecule has 1 N–H and O–H groups in total. The average Bonchev–Trinajstić information content (AvgIpc) is 2.87. The van der Waals surface area contributed by atoms with E-state index in [0.29, 0.717) is 23.3 Å². The first-order valence-electron chi connectivity index (χ1n) is 8.03. The third-order valence-corrected chi connectivity index (χ3v) is 4.52.